The third-order valence-electron chi connectivity index (χ3n) is 3.03. The number of carbonyl (C=O) groups is 1. The van der Waals surface area contributed by atoms with E-state index >= 15 is 0 Å². The van der Waals surface area contributed by atoms with Crippen LogP contribution in [-0.4, -0.2) is 17.6 Å². The highest BCUT2D eigenvalue weighted by atomic mass is 16.2. The molecule has 3 nitrogen and oxygen atoms in total. The average Bonchev–Trinajstić information content (AvgIpc) is 2.49. The smallest absolute Gasteiger partial charge is 0.228 e. The zero-order valence-corrected chi connectivity index (χ0v) is 11.9. The topological polar surface area (TPSA) is 49.3 Å². The molecule has 3 heteroatoms. The van der Waals surface area contributed by atoms with Gasteiger partial charge < -0.3 is 10.4 Å². The van der Waals surface area contributed by atoms with E-state index < -0.39 is 0 Å². The van der Waals surface area contributed by atoms with Crippen LogP contribution in [-0.2, 0) is 11.2 Å². The highest BCUT2D eigenvalue weighted by molar-refractivity contribution is 5.93. The molecule has 2 aromatic carbocycles. The van der Waals surface area contributed by atoms with Gasteiger partial charge >= 0.3 is 0 Å². The van der Waals surface area contributed by atoms with Crippen LogP contribution < -0.4 is 5.32 Å². The van der Waals surface area contributed by atoms with E-state index in [4.69, 9.17) is 5.11 Å². The SMILES string of the molecule is Cc1ccc(C#CCO)cc1NC(=O)Cc1ccccc1. The van der Waals surface area contributed by atoms with Gasteiger partial charge in [0.05, 0.1) is 6.42 Å². The number of hydrogen-bond donors (Lipinski definition) is 2. The van der Waals surface area contributed by atoms with E-state index in [9.17, 15) is 4.79 Å². The van der Waals surface area contributed by atoms with Crippen LogP contribution in [0, 0.1) is 18.8 Å². The molecule has 0 aliphatic heterocycles. The minimum Gasteiger partial charge on any atom is -0.384 e. The highest BCUT2D eigenvalue weighted by Crippen LogP contribution is 2.17. The first-order valence-corrected chi connectivity index (χ1v) is 6.73. The number of anilines is 1. The van der Waals surface area contributed by atoms with Gasteiger partial charge in [0.15, 0.2) is 0 Å². The molecule has 2 rings (SSSR count). The number of nitrogens with one attached hydrogen (secondary N) is 1. The zero-order valence-electron chi connectivity index (χ0n) is 11.9. The third kappa shape index (κ3) is 4.48. The van der Waals surface area contributed by atoms with Crippen molar-refractivity contribution < 1.29 is 9.90 Å². The van der Waals surface area contributed by atoms with Gasteiger partial charge in [0.25, 0.3) is 0 Å². The quantitative estimate of drug-likeness (QED) is 0.848. The van der Waals surface area contributed by atoms with Crippen LogP contribution in [0.4, 0.5) is 5.69 Å². The predicted octanol–water partition coefficient (Wildman–Crippen LogP) is 2.52. The Balaban J connectivity index is 2.09. The van der Waals surface area contributed by atoms with Gasteiger partial charge in [-0.2, -0.15) is 0 Å². The van der Waals surface area contributed by atoms with E-state index in [1.54, 1.807) is 0 Å². The number of rotatable bonds is 3. The molecular formula is C18H17NO2. The fraction of sp³-hybridized carbons (Fsp3) is 0.167. The Kier molecular flexibility index (Phi) is 5.14. The van der Waals surface area contributed by atoms with Crippen molar-refractivity contribution in [2.75, 3.05) is 11.9 Å². The van der Waals surface area contributed by atoms with Crippen molar-refractivity contribution in [3.8, 4) is 11.8 Å². The molecule has 0 atom stereocenters. The maximum atomic E-state index is 12.1. The first kappa shape index (κ1) is 14.8. The lowest BCUT2D eigenvalue weighted by Gasteiger charge is -2.09. The molecule has 2 N–H and O–H groups in total. The average molecular weight is 279 g/mol. The molecule has 0 spiro atoms. The summed E-state index contributed by atoms with van der Waals surface area (Å²) < 4.78 is 0. The van der Waals surface area contributed by atoms with Crippen LogP contribution in [0.25, 0.3) is 0 Å². The molecule has 0 aliphatic carbocycles. The first-order chi connectivity index (χ1) is 10.2. The Hall–Kier alpha value is -2.57. The molecule has 0 unspecified atom stereocenters. The predicted molar refractivity (Wildman–Crippen MR) is 83.9 cm³/mol. The molecule has 0 aromatic heterocycles. The van der Waals surface area contributed by atoms with E-state index in [1.807, 2.05) is 55.5 Å². The van der Waals surface area contributed by atoms with Gasteiger partial charge in [-0.25, -0.2) is 0 Å². The Morgan fingerprint density at radius 2 is 1.95 bits per heavy atom. The fourth-order valence-corrected chi connectivity index (χ4v) is 1.95. The van der Waals surface area contributed by atoms with Gasteiger partial charge in [0.1, 0.15) is 6.61 Å². The summed E-state index contributed by atoms with van der Waals surface area (Å²) in [5, 5.41) is 11.6. The number of aliphatic hydroxyl groups excluding tert-OH is 1. The summed E-state index contributed by atoms with van der Waals surface area (Å²) >= 11 is 0. The van der Waals surface area contributed by atoms with Crippen molar-refractivity contribution in [2.45, 2.75) is 13.3 Å². The Bertz CT molecular complexity index is 681. The lowest BCUT2D eigenvalue weighted by atomic mass is 10.1. The molecule has 106 valence electrons. The number of hydrogen-bond acceptors (Lipinski definition) is 2. The number of carbonyl (C=O) groups excluding carboxylic acids is 1. The maximum Gasteiger partial charge on any atom is 0.228 e. The van der Waals surface area contributed by atoms with Gasteiger partial charge in [0, 0.05) is 11.3 Å². The fourth-order valence-electron chi connectivity index (χ4n) is 1.95. The molecule has 1 amide bonds. The molecule has 0 aliphatic rings. The first-order valence-electron chi connectivity index (χ1n) is 6.73. The molecule has 0 radical (unpaired) electrons. The Morgan fingerprint density at radius 1 is 1.19 bits per heavy atom. The van der Waals surface area contributed by atoms with Gasteiger partial charge in [0.2, 0.25) is 5.91 Å². The summed E-state index contributed by atoms with van der Waals surface area (Å²) in [6.45, 7) is 1.75. The van der Waals surface area contributed by atoms with E-state index in [2.05, 4.69) is 17.2 Å². The number of amides is 1. The molecule has 0 saturated carbocycles. The minimum absolute atomic E-state index is 0.0587. The highest BCUT2D eigenvalue weighted by Gasteiger charge is 2.06. The van der Waals surface area contributed by atoms with Crippen LogP contribution in [0.1, 0.15) is 16.7 Å². The molecule has 21 heavy (non-hydrogen) atoms. The molecule has 0 saturated heterocycles. The van der Waals surface area contributed by atoms with Gasteiger partial charge in [-0.05, 0) is 30.2 Å². The summed E-state index contributed by atoms with van der Waals surface area (Å²) in [6.07, 6.45) is 0.340. The molecule has 2 aromatic rings. The number of benzene rings is 2. The van der Waals surface area contributed by atoms with Gasteiger partial charge in [-0.3, -0.25) is 4.79 Å². The lowest BCUT2D eigenvalue weighted by Crippen LogP contribution is -2.15. The van der Waals surface area contributed by atoms with E-state index in [0.29, 0.717) is 6.42 Å². The molecule has 0 heterocycles. The van der Waals surface area contributed by atoms with Crippen molar-refractivity contribution in [1.82, 2.24) is 0 Å². The lowest BCUT2D eigenvalue weighted by molar-refractivity contribution is -0.115. The minimum atomic E-state index is -0.177. The van der Waals surface area contributed by atoms with Gasteiger partial charge in [-0.1, -0.05) is 48.2 Å². The van der Waals surface area contributed by atoms with Crippen molar-refractivity contribution in [2.24, 2.45) is 0 Å². The summed E-state index contributed by atoms with van der Waals surface area (Å²) in [5.41, 5.74) is 3.47. The second-order valence-corrected chi connectivity index (χ2v) is 4.70. The van der Waals surface area contributed by atoms with E-state index in [0.717, 1.165) is 22.4 Å². The molecule has 0 fully saturated rings. The van der Waals surface area contributed by atoms with Crippen LogP contribution in [0.15, 0.2) is 48.5 Å². The molecular weight excluding hydrogens is 262 g/mol. The van der Waals surface area contributed by atoms with Crippen molar-refractivity contribution >= 4 is 11.6 Å². The van der Waals surface area contributed by atoms with Crippen molar-refractivity contribution in [1.29, 1.82) is 0 Å². The molecule has 0 bridgehead atoms. The maximum absolute atomic E-state index is 12.1. The number of aryl methyl sites for hydroxylation is 1. The summed E-state index contributed by atoms with van der Waals surface area (Å²) in [5.74, 6) is 5.37. The zero-order chi connectivity index (χ0) is 15.1. The van der Waals surface area contributed by atoms with E-state index in [1.165, 1.54) is 0 Å². The summed E-state index contributed by atoms with van der Waals surface area (Å²) in [4.78, 5) is 12.1. The second kappa shape index (κ2) is 7.28. The Morgan fingerprint density at radius 3 is 2.67 bits per heavy atom. The summed E-state index contributed by atoms with van der Waals surface area (Å²) in [7, 11) is 0. The van der Waals surface area contributed by atoms with Crippen molar-refractivity contribution in [3.05, 3.63) is 65.2 Å². The van der Waals surface area contributed by atoms with Gasteiger partial charge in [-0.15, -0.1) is 0 Å². The van der Waals surface area contributed by atoms with Crippen molar-refractivity contribution in [3.63, 3.8) is 0 Å². The summed E-state index contributed by atoms with van der Waals surface area (Å²) in [6, 6.07) is 15.2. The number of aliphatic hydroxyl groups is 1. The van der Waals surface area contributed by atoms with Crippen LogP contribution in [0.2, 0.25) is 0 Å². The van der Waals surface area contributed by atoms with Crippen LogP contribution >= 0.6 is 0 Å². The largest absolute Gasteiger partial charge is 0.384 e. The standard InChI is InChI=1S/C18H17NO2/c1-14-9-10-16(8-5-11-20)12-17(14)19-18(21)13-15-6-3-2-4-7-15/h2-4,6-7,9-10,12,20H,11,13H2,1H3,(H,19,21). The normalized spacial score (nSPS) is 9.62. The third-order valence-corrected chi connectivity index (χ3v) is 3.03. The monoisotopic (exact) mass is 279 g/mol. The van der Waals surface area contributed by atoms with E-state index in [-0.39, 0.29) is 12.5 Å². The second-order valence-electron chi connectivity index (χ2n) is 4.70. The van der Waals surface area contributed by atoms with Crippen LogP contribution in [0.3, 0.4) is 0 Å². The van der Waals surface area contributed by atoms with Crippen LogP contribution in [0.5, 0.6) is 0 Å². The Labute approximate surface area is 124 Å².